The molecular weight excluding hydrogens is 350 g/mol. The van der Waals surface area contributed by atoms with E-state index in [2.05, 4.69) is 18.6 Å². The maximum atomic E-state index is 12.8. The Kier molecular flexibility index (Phi) is 4.99. The predicted molar refractivity (Wildman–Crippen MR) is 101 cm³/mol. The zero-order chi connectivity index (χ0) is 18.9. The molecule has 0 radical (unpaired) electrons. The van der Waals surface area contributed by atoms with E-state index in [0.29, 0.717) is 30.6 Å². The highest BCUT2D eigenvalue weighted by atomic mass is 32.2. The second kappa shape index (κ2) is 6.93. The van der Waals surface area contributed by atoms with Crippen LogP contribution in [0.3, 0.4) is 0 Å². The van der Waals surface area contributed by atoms with Crippen LogP contribution in [0, 0.1) is 0 Å². The second-order valence-corrected chi connectivity index (χ2v) is 9.00. The summed E-state index contributed by atoms with van der Waals surface area (Å²) in [4.78, 5) is 0.257. The largest absolute Gasteiger partial charge is 0.486 e. The van der Waals surface area contributed by atoms with Gasteiger partial charge in [0.2, 0.25) is 10.0 Å². The Balaban J connectivity index is 1.85. The van der Waals surface area contributed by atoms with Crippen molar-refractivity contribution in [2.75, 3.05) is 13.2 Å². The summed E-state index contributed by atoms with van der Waals surface area (Å²) in [5, 5.41) is 0. The van der Waals surface area contributed by atoms with Crippen LogP contribution in [0.15, 0.2) is 47.4 Å². The zero-order valence-corrected chi connectivity index (χ0v) is 16.4. The van der Waals surface area contributed by atoms with E-state index < -0.39 is 15.6 Å². The molecule has 0 unspecified atom stereocenters. The van der Waals surface area contributed by atoms with Crippen molar-refractivity contribution in [2.45, 2.75) is 44.0 Å². The van der Waals surface area contributed by atoms with Gasteiger partial charge in [-0.05, 0) is 55.2 Å². The molecule has 0 spiro atoms. The number of fused-ring (bicyclic) bond motifs is 1. The monoisotopic (exact) mass is 375 g/mol. The fourth-order valence-corrected chi connectivity index (χ4v) is 4.32. The maximum absolute atomic E-state index is 12.8. The Morgan fingerprint density at radius 1 is 0.962 bits per heavy atom. The van der Waals surface area contributed by atoms with E-state index in [-0.39, 0.29) is 4.90 Å². The molecule has 0 atom stereocenters. The van der Waals surface area contributed by atoms with Gasteiger partial charge in [-0.25, -0.2) is 13.1 Å². The third-order valence-corrected chi connectivity index (χ3v) is 6.18. The Labute approximate surface area is 155 Å². The van der Waals surface area contributed by atoms with Crippen molar-refractivity contribution in [3.05, 3.63) is 53.6 Å². The molecule has 6 heteroatoms. The number of sulfonamides is 1. The SMILES string of the molecule is CC(C)c1ccc(S(=O)(=O)NC(C)(C)c2ccc3c(c2)OCCO3)cc1. The van der Waals surface area contributed by atoms with Gasteiger partial charge in [-0.1, -0.05) is 32.0 Å². The summed E-state index contributed by atoms with van der Waals surface area (Å²) in [6.07, 6.45) is 0. The molecular formula is C20H25NO4S. The summed E-state index contributed by atoms with van der Waals surface area (Å²) in [5.41, 5.74) is 1.12. The molecule has 3 rings (SSSR count). The fraction of sp³-hybridized carbons (Fsp3) is 0.400. The van der Waals surface area contributed by atoms with Crippen LogP contribution in [-0.4, -0.2) is 21.6 Å². The van der Waals surface area contributed by atoms with Gasteiger partial charge in [-0.3, -0.25) is 0 Å². The molecule has 26 heavy (non-hydrogen) atoms. The van der Waals surface area contributed by atoms with Gasteiger partial charge >= 0.3 is 0 Å². The summed E-state index contributed by atoms with van der Waals surface area (Å²) >= 11 is 0. The van der Waals surface area contributed by atoms with Crippen LogP contribution in [-0.2, 0) is 15.6 Å². The van der Waals surface area contributed by atoms with Crippen LogP contribution >= 0.6 is 0 Å². The molecule has 0 aliphatic carbocycles. The first-order valence-electron chi connectivity index (χ1n) is 8.73. The van der Waals surface area contributed by atoms with Crippen LogP contribution in [0.25, 0.3) is 0 Å². The lowest BCUT2D eigenvalue weighted by molar-refractivity contribution is 0.171. The minimum absolute atomic E-state index is 0.257. The highest BCUT2D eigenvalue weighted by molar-refractivity contribution is 7.89. The molecule has 0 bridgehead atoms. The maximum Gasteiger partial charge on any atom is 0.241 e. The molecule has 2 aromatic rings. The van der Waals surface area contributed by atoms with E-state index in [9.17, 15) is 8.42 Å². The molecule has 1 N–H and O–H groups in total. The van der Waals surface area contributed by atoms with Gasteiger partial charge < -0.3 is 9.47 Å². The van der Waals surface area contributed by atoms with Gasteiger partial charge in [0, 0.05) is 0 Å². The van der Waals surface area contributed by atoms with Crippen molar-refractivity contribution in [3.63, 3.8) is 0 Å². The molecule has 0 amide bonds. The summed E-state index contributed by atoms with van der Waals surface area (Å²) in [6.45, 7) is 8.83. The number of hydrogen-bond acceptors (Lipinski definition) is 4. The first-order chi connectivity index (χ1) is 12.2. The Bertz CT molecular complexity index is 887. The summed E-state index contributed by atoms with van der Waals surface area (Å²) < 4.78 is 39.6. The van der Waals surface area contributed by atoms with Crippen molar-refractivity contribution in [1.29, 1.82) is 0 Å². The third kappa shape index (κ3) is 3.86. The molecule has 0 saturated heterocycles. The summed E-state index contributed by atoms with van der Waals surface area (Å²) in [7, 11) is -3.65. The molecule has 1 aliphatic rings. The van der Waals surface area contributed by atoms with Crippen LogP contribution in [0.2, 0.25) is 0 Å². The highest BCUT2D eigenvalue weighted by Crippen LogP contribution is 2.34. The normalized spacial score (nSPS) is 14.5. The average molecular weight is 375 g/mol. The molecule has 1 heterocycles. The number of nitrogens with one attached hydrogen (secondary N) is 1. The van der Waals surface area contributed by atoms with Gasteiger partial charge in [-0.2, -0.15) is 0 Å². The van der Waals surface area contributed by atoms with Crippen LogP contribution in [0.1, 0.15) is 44.7 Å². The lowest BCUT2D eigenvalue weighted by Gasteiger charge is -2.28. The van der Waals surface area contributed by atoms with Crippen LogP contribution < -0.4 is 14.2 Å². The minimum atomic E-state index is -3.65. The second-order valence-electron chi connectivity index (χ2n) is 7.31. The molecule has 5 nitrogen and oxygen atoms in total. The van der Waals surface area contributed by atoms with E-state index in [1.165, 1.54) is 0 Å². The van der Waals surface area contributed by atoms with Gasteiger partial charge in [0.15, 0.2) is 11.5 Å². The molecule has 0 saturated carbocycles. The van der Waals surface area contributed by atoms with Crippen molar-refractivity contribution < 1.29 is 17.9 Å². The number of benzene rings is 2. The quantitative estimate of drug-likeness (QED) is 0.863. The zero-order valence-electron chi connectivity index (χ0n) is 15.6. The number of rotatable bonds is 5. The average Bonchev–Trinajstić information content (AvgIpc) is 2.60. The number of hydrogen-bond donors (Lipinski definition) is 1. The summed E-state index contributed by atoms with van der Waals surface area (Å²) in [5.74, 6) is 1.68. The standard InChI is InChI=1S/C20H25NO4S/c1-14(2)15-5-8-17(9-6-15)26(22,23)21-20(3,4)16-7-10-18-19(13-16)25-12-11-24-18/h5-10,13-14,21H,11-12H2,1-4H3. The van der Waals surface area contributed by atoms with Crippen molar-refractivity contribution in [1.82, 2.24) is 4.72 Å². The van der Waals surface area contributed by atoms with E-state index in [1.807, 2.05) is 44.2 Å². The van der Waals surface area contributed by atoms with E-state index >= 15 is 0 Å². The Hall–Kier alpha value is -2.05. The van der Waals surface area contributed by atoms with Crippen molar-refractivity contribution >= 4 is 10.0 Å². The summed E-state index contributed by atoms with van der Waals surface area (Å²) in [6, 6.07) is 12.5. The molecule has 140 valence electrons. The fourth-order valence-electron chi connectivity index (χ4n) is 2.92. The van der Waals surface area contributed by atoms with E-state index in [0.717, 1.165) is 11.1 Å². The molecule has 2 aromatic carbocycles. The minimum Gasteiger partial charge on any atom is -0.486 e. The Morgan fingerprint density at radius 2 is 1.58 bits per heavy atom. The molecule has 0 aromatic heterocycles. The topological polar surface area (TPSA) is 64.6 Å². The van der Waals surface area contributed by atoms with Gasteiger partial charge in [0.1, 0.15) is 13.2 Å². The van der Waals surface area contributed by atoms with Crippen LogP contribution in [0.4, 0.5) is 0 Å². The van der Waals surface area contributed by atoms with Crippen molar-refractivity contribution in [3.8, 4) is 11.5 Å². The first-order valence-corrected chi connectivity index (χ1v) is 10.2. The van der Waals surface area contributed by atoms with E-state index in [1.54, 1.807) is 12.1 Å². The highest BCUT2D eigenvalue weighted by Gasteiger charge is 2.29. The molecule has 1 aliphatic heterocycles. The van der Waals surface area contributed by atoms with Gasteiger partial charge in [0.05, 0.1) is 10.4 Å². The Morgan fingerprint density at radius 3 is 2.19 bits per heavy atom. The lowest BCUT2D eigenvalue weighted by atomic mass is 9.95. The third-order valence-electron chi connectivity index (χ3n) is 4.51. The van der Waals surface area contributed by atoms with E-state index in [4.69, 9.17) is 9.47 Å². The lowest BCUT2D eigenvalue weighted by Crippen LogP contribution is -2.41. The van der Waals surface area contributed by atoms with Crippen molar-refractivity contribution in [2.24, 2.45) is 0 Å². The van der Waals surface area contributed by atoms with Crippen LogP contribution in [0.5, 0.6) is 11.5 Å². The van der Waals surface area contributed by atoms with Gasteiger partial charge in [-0.15, -0.1) is 0 Å². The first kappa shape index (κ1) is 18.7. The molecule has 0 fully saturated rings. The predicted octanol–water partition coefficient (Wildman–Crippen LogP) is 3.79. The van der Waals surface area contributed by atoms with Gasteiger partial charge in [0.25, 0.3) is 0 Å². The smallest absolute Gasteiger partial charge is 0.241 e. The number of ether oxygens (including phenoxy) is 2.